The van der Waals surface area contributed by atoms with Gasteiger partial charge in [0, 0.05) is 19.6 Å². The van der Waals surface area contributed by atoms with Crippen LogP contribution in [-0.2, 0) is 11.2 Å². The number of para-hydroxylation sites is 1. The summed E-state index contributed by atoms with van der Waals surface area (Å²) in [5.74, 6) is 1.55. The number of fused-ring (bicyclic) bond motifs is 1. The van der Waals surface area contributed by atoms with E-state index in [-0.39, 0.29) is 17.9 Å². The third-order valence-electron chi connectivity index (χ3n) is 5.58. The first-order valence-electron chi connectivity index (χ1n) is 9.50. The number of amides is 1. The highest BCUT2D eigenvalue weighted by molar-refractivity contribution is 5.80. The second-order valence-corrected chi connectivity index (χ2v) is 7.38. The van der Waals surface area contributed by atoms with Crippen LogP contribution in [0.5, 0.6) is 11.5 Å². The second-order valence-electron chi connectivity index (χ2n) is 7.38. The Morgan fingerprint density at radius 3 is 2.70 bits per heavy atom. The maximum Gasteiger partial charge on any atom is 0.230 e. The number of carbonyl (C=O) groups is 1. The lowest BCUT2D eigenvalue weighted by Crippen LogP contribution is -2.52. The molecule has 2 aliphatic rings. The van der Waals surface area contributed by atoms with E-state index in [4.69, 9.17) is 9.47 Å². The van der Waals surface area contributed by atoms with Crippen molar-refractivity contribution >= 4 is 5.91 Å². The highest BCUT2D eigenvalue weighted by Crippen LogP contribution is 2.37. The predicted octanol–water partition coefficient (Wildman–Crippen LogP) is 2.76. The average molecular weight is 366 g/mol. The summed E-state index contributed by atoms with van der Waals surface area (Å²) in [5, 5.41) is 0. The van der Waals surface area contributed by atoms with Crippen LogP contribution in [-0.4, -0.2) is 56.1 Å². The zero-order chi connectivity index (χ0) is 18.8. The predicted molar refractivity (Wildman–Crippen MR) is 104 cm³/mol. The van der Waals surface area contributed by atoms with Gasteiger partial charge in [-0.1, -0.05) is 42.5 Å². The van der Waals surface area contributed by atoms with Crippen LogP contribution in [0.3, 0.4) is 0 Å². The number of nitrogens with zero attached hydrogens (tertiary/aromatic N) is 2. The number of hydrogen-bond donors (Lipinski definition) is 0. The van der Waals surface area contributed by atoms with Crippen molar-refractivity contribution < 1.29 is 14.3 Å². The lowest BCUT2D eigenvalue weighted by atomic mass is 9.93. The highest BCUT2D eigenvalue weighted by atomic mass is 16.5. The lowest BCUT2D eigenvalue weighted by Gasteiger charge is -2.42. The number of hydrogen-bond acceptors (Lipinski definition) is 4. The molecule has 142 valence electrons. The first kappa shape index (κ1) is 17.9. The van der Waals surface area contributed by atoms with Crippen LogP contribution in [0.25, 0.3) is 0 Å². The van der Waals surface area contributed by atoms with Crippen LogP contribution in [0.2, 0.25) is 0 Å². The van der Waals surface area contributed by atoms with E-state index in [9.17, 15) is 4.79 Å². The van der Waals surface area contributed by atoms with Crippen molar-refractivity contribution in [3.05, 3.63) is 59.7 Å². The summed E-state index contributed by atoms with van der Waals surface area (Å²) in [5.41, 5.74) is 2.24. The smallest absolute Gasteiger partial charge is 0.230 e. The molecule has 1 amide bonds. The van der Waals surface area contributed by atoms with Crippen molar-refractivity contribution in [3.63, 3.8) is 0 Å². The Balaban J connectivity index is 1.56. The SMILES string of the molecule is COc1cccc2c1OC[C@@H](C(=O)N1CCN(C)C[C@H]1c1ccccc1)C2. The molecular formula is C22H26N2O3. The van der Waals surface area contributed by atoms with Crippen LogP contribution in [0, 0.1) is 5.92 Å². The lowest BCUT2D eigenvalue weighted by molar-refractivity contribution is -0.142. The Labute approximate surface area is 160 Å². The standard InChI is InChI=1S/C22H26N2O3/c1-23-11-12-24(19(14-23)16-7-4-3-5-8-16)22(25)18-13-17-9-6-10-20(26-2)21(17)27-15-18/h3-10,18-19H,11-15H2,1-2H3/t18-,19-/m0/s1. The Kier molecular flexibility index (Phi) is 5.03. The summed E-state index contributed by atoms with van der Waals surface area (Å²) < 4.78 is 11.3. The molecule has 0 aromatic heterocycles. The molecule has 0 bridgehead atoms. The zero-order valence-electron chi connectivity index (χ0n) is 15.9. The largest absolute Gasteiger partial charge is 0.493 e. The highest BCUT2D eigenvalue weighted by Gasteiger charge is 2.36. The van der Waals surface area contributed by atoms with Gasteiger partial charge >= 0.3 is 0 Å². The molecule has 0 aliphatic carbocycles. The molecule has 0 saturated carbocycles. The second kappa shape index (κ2) is 7.61. The first-order chi connectivity index (χ1) is 13.2. The summed E-state index contributed by atoms with van der Waals surface area (Å²) in [7, 11) is 3.76. The molecule has 2 aliphatic heterocycles. The van der Waals surface area contributed by atoms with Crippen molar-refractivity contribution in [2.75, 3.05) is 40.4 Å². The molecule has 5 nitrogen and oxygen atoms in total. The minimum Gasteiger partial charge on any atom is -0.493 e. The zero-order valence-corrected chi connectivity index (χ0v) is 15.9. The molecule has 4 rings (SSSR count). The molecule has 2 atom stereocenters. The molecule has 0 spiro atoms. The van der Waals surface area contributed by atoms with E-state index in [0.29, 0.717) is 13.0 Å². The average Bonchev–Trinajstić information content (AvgIpc) is 2.73. The van der Waals surface area contributed by atoms with Crippen molar-refractivity contribution in [1.29, 1.82) is 0 Å². The molecule has 1 fully saturated rings. The van der Waals surface area contributed by atoms with Gasteiger partial charge < -0.3 is 19.3 Å². The van der Waals surface area contributed by atoms with Gasteiger partial charge in [-0.15, -0.1) is 0 Å². The molecule has 2 aromatic rings. The van der Waals surface area contributed by atoms with Crippen molar-refractivity contribution in [3.8, 4) is 11.5 Å². The van der Waals surface area contributed by atoms with Gasteiger partial charge in [0.2, 0.25) is 5.91 Å². The number of piperazine rings is 1. The molecule has 2 heterocycles. The summed E-state index contributed by atoms with van der Waals surface area (Å²) in [6.07, 6.45) is 0.694. The van der Waals surface area contributed by atoms with Gasteiger partial charge in [-0.25, -0.2) is 0 Å². The third kappa shape index (κ3) is 3.52. The van der Waals surface area contributed by atoms with E-state index in [1.807, 2.05) is 36.4 Å². The quantitative estimate of drug-likeness (QED) is 0.838. The summed E-state index contributed by atoms with van der Waals surface area (Å²) in [6, 6.07) is 16.3. The maximum atomic E-state index is 13.4. The van der Waals surface area contributed by atoms with Crippen molar-refractivity contribution in [1.82, 2.24) is 9.80 Å². The van der Waals surface area contributed by atoms with E-state index in [1.54, 1.807) is 7.11 Å². The van der Waals surface area contributed by atoms with Crippen molar-refractivity contribution in [2.24, 2.45) is 5.92 Å². The van der Waals surface area contributed by atoms with Crippen LogP contribution in [0.15, 0.2) is 48.5 Å². The van der Waals surface area contributed by atoms with Gasteiger partial charge in [-0.3, -0.25) is 4.79 Å². The first-order valence-corrected chi connectivity index (χ1v) is 9.50. The fraction of sp³-hybridized carbons (Fsp3) is 0.409. The number of carbonyl (C=O) groups excluding carboxylic acids is 1. The molecular weight excluding hydrogens is 340 g/mol. The third-order valence-corrected chi connectivity index (χ3v) is 5.58. The fourth-order valence-corrected chi connectivity index (χ4v) is 4.09. The molecule has 2 aromatic carbocycles. The van der Waals surface area contributed by atoms with E-state index < -0.39 is 0 Å². The number of methoxy groups -OCH3 is 1. The Morgan fingerprint density at radius 2 is 1.93 bits per heavy atom. The van der Waals surface area contributed by atoms with Crippen molar-refractivity contribution in [2.45, 2.75) is 12.5 Å². The molecule has 1 saturated heterocycles. The summed E-state index contributed by atoms with van der Waals surface area (Å²) >= 11 is 0. The van der Waals surface area contributed by atoms with Gasteiger partial charge in [0.25, 0.3) is 0 Å². The van der Waals surface area contributed by atoms with Gasteiger partial charge in [-0.05, 0) is 30.7 Å². The number of ether oxygens (including phenoxy) is 2. The van der Waals surface area contributed by atoms with Crippen LogP contribution < -0.4 is 9.47 Å². The fourth-order valence-electron chi connectivity index (χ4n) is 4.09. The summed E-state index contributed by atoms with van der Waals surface area (Å²) in [4.78, 5) is 17.7. The Hall–Kier alpha value is -2.53. The number of likely N-dealkylation sites (N-methyl/N-ethyl adjacent to an activating group) is 1. The topological polar surface area (TPSA) is 42.0 Å². The van der Waals surface area contributed by atoms with Gasteiger partial charge in [0.15, 0.2) is 11.5 Å². The van der Waals surface area contributed by atoms with E-state index >= 15 is 0 Å². The monoisotopic (exact) mass is 366 g/mol. The molecule has 0 unspecified atom stereocenters. The number of rotatable bonds is 3. The van der Waals surface area contributed by atoms with Gasteiger partial charge in [0.05, 0.1) is 19.1 Å². The Bertz CT molecular complexity index is 808. The van der Waals surface area contributed by atoms with E-state index in [2.05, 4.69) is 29.0 Å². The molecule has 27 heavy (non-hydrogen) atoms. The van der Waals surface area contributed by atoms with Gasteiger partial charge in [-0.2, -0.15) is 0 Å². The molecule has 0 N–H and O–H groups in total. The Morgan fingerprint density at radius 1 is 1.11 bits per heavy atom. The van der Waals surface area contributed by atoms with Crippen LogP contribution >= 0.6 is 0 Å². The van der Waals surface area contributed by atoms with E-state index in [1.165, 1.54) is 5.56 Å². The van der Waals surface area contributed by atoms with Crippen LogP contribution in [0.1, 0.15) is 17.2 Å². The minimum atomic E-state index is -0.153. The maximum absolute atomic E-state index is 13.4. The normalized spacial score (nSPS) is 22.7. The molecule has 0 radical (unpaired) electrons. The van der Waals surface area contributed by atoms with Crippen LogP contribution in [0.4, 0.5) is 0 Å². The number of benzene rings is 2. The summed E-state index contributed by atoms with van der Waals surface area (Å²) in [6.45, 7) is 2.90. The minimum absolute atomic E-state index is 0.0872. The van der Waals surface area contributed by atoms with E-state index in [0.717, 1.165) is 36.7 Å². The molecule has 5 heteroatoms. The van der Waals surface area contributed by atoms with Gasteiger partial charge in [0.1, 0.15) is 6.61 Å².